The first-order valence-electron chi connectivity index (χ1n) is 3.47. The van der Waals surface area contributed by atoms with Gasteiger partial charge in [0.05, 0.1) is 0 Å². The molecule has 0 bridgehead atoms. The van der Waals surface area contributed by atoms with Gasteiger partial charge in [0.15, 0.2) is 0 Å². The Labute approximate surface area is 86.0 Å². The first kappa shape index (κ1) is 22.7. The van der Waals surface area contributed by atoms with Gasteiger partial charge in [0.25, 0.3) is 0 Å². The molecule has 0 atom stereocenters. The Bertz CT molecular complexity index is 87.5. The van der Waals surface area contributed by atoms with Crippen LogP contribution >= 0.6 is 0 Å². The van der Waals surface area contributed by atoms with Crippen molar-refractivity contribution >= 4 is 25.8 Å². The Morgan fingerprint density at radius 1 is 1.17 bits per heavy atom. The van der Waals surface area contributed by atoms with Crippen molar-refractivity contribution < 1.29 is 20.9 Å². The van der Waals surface area contributed by atoms with Gasteiger partial charge in [0.1, 0.15) is 0 Å². The maximum Gasteiger partial charge on any atom is 3.00 e. The number of hydrogen-bond donors (Lipinski definition) is 0. The normalized spacial score (nSPS) is 7.08. The maximum atomic E-state index is 9.85. The molecule has 0 unspecified atom stereocenters. The summed E-state index contributed by atoms with van der Waals surface area (Å²) in [5.41, 5.74) is 0. The molecule has 0 radical (unpaired) electrons. The minimum Gasteiger partial charge on any atom is -0.870 e. The van der Waals surface area contributed by atoms with Gasteiger partial charge in [-0.25, -0.2) is 0 Å². The molecule has 0 aromatic rings. The van der Waals surface area contributed by atoms with Gasteiger partial charge in [0, 0.05) is 5.97 Å². The average Bonchev–Trinajstić information content (AvgIpc) is 1.80. The molecule has 0 saturated heterocycles. The van der Waals surface area contributed by atoms with E-state index in [2.05, 4.69) is 6.92 Å². The van der Waals surface area contributed by atoms with E-state index in [-0.39, 0.29) is 37.2 Å². The molecule has 0 aromatic heterocycles. The van der Waals surface area contributed by atoms with E-state index in [1.54, 1.807) is 0 Å². The van der Waals surface area contributed by atoms with Crippen molar-refractivity contribution in [1.29, 1.82) is 0 Å². The molecule has 5 heteroatoms. The number of carbonyl (C=O) groups excluding carboxylic acids is 1. The third-order valence-electron chi connectivity index (χ3n) is 1.23. The van der Waals surface area contributed by atoms with Crippen molar-refractivity contribution in [2.45, 2.75) is 39.0 Å². The summed E-state index contributed by atoms with van der Waals surface area (Å²) < 4.78 is 0. The van der Waals surface area contributed by atoms with Crippen LogP contribution in [0, 0.1) is 0 Å². The Balaban J connectivity index is -0.000000107. The van der Waals surface area contributed by atoms with Crippen LogP contribution in [0.2, 0.25) is 0 Å². The van der Waals surface area contributed by atoms with Gasteiger partial charge in [-0.1, -0.05) is 26.2 Å². The molecule has 70 valence electrons. The van der Waals surface area contributed by atoms with E-state index < -0.39 is 5.97 Å². The van der Waals surface area contributed by atoms with Gasteiger partial charge in [-0.3, -0.25) is 0 Å². The molecular weight excluding hydrogens is 218 g/mol. The zero-order valence-corrected chi connectivity index (χ0v) is 9.75. The molecule has 4 nitrogen and oxygen atoms in total. The summed E-state index contributed by atoms with van der Waals surface area (Å²) in [6, 6.07) is 0. The van der Waals surface area contributed by atoms with Crippen molar-refractivity contribution in [1.82, 2.24) is 0 Å². The van der Waals surface area contributed by atoms with Crippen LogP contribution in [0.4, 0.5) is 0 Å². The summed E-state index contributed by atoms with van der Waals surface area (Å²) in [6.07, 6.45) is 4.29. The number of carbonyl (C=O) groups is 1. The number of unbranched alkanes of at least 4 members (excludes halogenated alkanes) is 3. The van der Waals surface area contributed by atoms with Gasteiger partial charge in [-0.15, -0.1) is 0 Å². The van der Waals surface area contributed by atoms with Crippen molar-refractivity contribution in [2.24, 2.45) is 0 Å². The second-order valence-corrected chi connectivity index (χ2v) is 2.18. The summed E-state index contributed by atoms with van der Waals surface area (Å²) in [6.45, 7) is 2.10. The third kappa shape index (κ3) is 22.5. The Morgan fingerprint density at radius 3 is 2.00 bits per heavy atom. The van der Waals surface area contributed by atoms with Crippen LogP contribution in [0.1, 0.15) is 39.0 Å². The molecule has 0 aliphatic rings. The Hall–Kier alpha value is 0.0264. The van der Waals surface area contributed by atoms with E-state index in [4.69, 9.17) is 0 Å². The monoisotopic (exact) mass is 232 g/mol. The zero-order chi connectivity index (χ0) is 7.11. The predicted molar refractivity (Wildman–Crippen MR) is 43.4 cm³/mol. The summed E-state index contributed by atoms with van der Waals surface area (Å²) in [4.78, 5) is 9.85. The van der Waals surface area contributed by atoms with Crippen LogP contribution in [0.15, 0.2) is 0 Å². The fourth-order valence-electron chi connectivity index (χ4n) is 0.696. The molecule has 0 rings (SSSR count). The predicted octanol–water partition coefficient (Wildman–Crippen LogP) is -0.0277. The third-order valence-corrected chi connectivity index (χ3v) is 1.23. The van der Waals surface area contributed by atoms with Gasteiger partial charge in [0.2, 0.25) is 0 Å². The Kier molecular flexibility index (Phi) is 32.5. The van der Waals surface area contributed by atoms with Crippen LogP contribution in [0.25, 0.3) is 0 Å². The van der Waals surface area contributed by atoms with Gasteiger partial charge in [-0.2, -0.15) is 0 Å². The van der Waals surface area contributed by atoms with E-state index in [1.807, 2.05) is 0 Å². The fourth-order valence-corrected chi connectivity index (χ4v) is 0.696. The largest absolute Gasteiger partial charge is 3.00 e. The molecule has 12 heavy (non-hydrogen) atoms. The minimum absolute atomic E-state index is 0. The number of hydrogen-bond acceptors (Lipinski definition) is 4. The van der Waals surface area contributed by atoms with E-state index in [1.165, 1.54) is 0 Å². The molecule has 0 saturated carbocycles. The molecule has 0 aliphatic carbocycles. The van der Waals surface area contributed by atoms with Crippen LogP contribution < -0.4 is 5.11 Å². The molecule has 0 heterocycles. The molecular formula is C7H15GaO4. The molecule has 2 N–H and O–H groups in total. The summed E-state index contributed by atoms with van der Waals surface area (Å²) in [5, 5.41) is 9.85. The first-order valence-corrected chi connectivity index (χ1v) is 3.47. The molecule has 0 aromatic carbocycles. The molecule has 0 amide bonds. The maximum absolute atomic E-state index is 9.85. The van der Waals surface area contributed by atoms with Gasteiger partial charge < -0.3 is 20.9 Å². The number of carboxylic acids is 1. The quantitative estimate of drug-likeness (QED) is 0.491. The van der Waals surface area contributed by atoms with Crippen LogP contribution in [0.3, 0.4) is 0 Å². The van der Waals surface area contributed by atoms with Crippen LogP contribution in [0.5, 0.6) is 0 Å². The SMILES string of the molecule is CCCCCCC(=O)[O-].[Ga+3].[OH-].[OH-]. The molecule has 0 aliphatic heterocycles. The molecule has 0 spiro atoms. The Morgan fingerprint density at radius 2 is 1.67 bits per heavy atom. The standard InChI is InChI=1S/C7H14O2.Ga.2H2O/c1-2-3-4-5-6-7(8)9;;;/h2-6H2,1H3,(H,8,9);;2*1H2/q;+3;;/p-3. The zero-order valence-electron chi connectivity index (χ0n) is 7.32. The number of rotatable bonds is 5. The van der Waals surface area contributed by atoms with Crippen molar-refractivity contribution in [2.75, 3.05) is 0 Å². The van der Waals surface area contributed by atoms with Crippen molar-refractivity contribution in [3.8, 4) is 0 Å². The van der Waals surface area contributed by atoms with E-state index in [0.717, 1.165) is 25.7 Å². The number of carboxylic acid groups (broad SMARTS) is 1. The van der Waals surface area contributed by atoms with Gasteiger partial charge in [-0.05, 0) is 12.8 Å². The fraction of sp³-hybridized carbons (Fsp3) is 0.857. The smallest absolute Gasteiger partial charge is 0.870 e. The van der Waals surface area contributed by atoms with E-state index >= 15 is 0 Å². The second-order valence-electron chi connectivity index (χ2n) is 2.18. The van der Waals surface area contributed by atoms with Crippen LogP contribution in [-0.2, 0) is 4.79 Å². The summed E-state index contributed by atoms with van der Waals surface area (Å²) in [5.74, 6) is -0.925. The summed E-state index contributed by atoms with van der Waals surface area (Å²) >= 11 is 0. The van der Waals surface area contributed by atoms with E-state index in [9.17, 15) is 9.90 Å². The number of aliphatic carboxylic acids is 1. The van der Waals surface area contributed by atoms with Crippen LogP contribution in [-0.4, -0.2) is 36.7 Å². The average molecular weight is 233 g/mol. The topological polar surface area (TPSA) is 100 Å². The minimum atomic E-state index is -0.925. The second kappa shape index (κ2) is 17.2. The molecule has 0 fully saturated rings. The first-order chi connectivity index (χ1) is 4.27. The van der Waals surface area contributed by atoms with Crippen molar-refractivity contribution in [3.05, 3.63) is 0 Å². The summed E-state index contributed by atoms with van der Waals surface area (Å²) in [7, 11) is 0. The van der Waals surface area contributed by atoms with E-state index in [0.29, 0.717) is 0 Å². The van der Waals surface area contributed by atoms with Crippen molar-refractivity contribution in [3.63, 3.8) is 0 Å². The van der Waals surface area contributed by atoms with Gasteiger partial charge >= 0.3 is 19.8 Å².